The molecule has 13 heteroatoms. The van der Waals surface area contributed by atoms with Crippen LogP contribution in [0.15, 0.2) is 75.7 Å². The second-order valence-corrected chi connectivity index (χ2v) is 9.64. The number of carbonyl (C=O) groups is 2. The van der Waals surface area contributed by atoms with Crippen LogP contribution in [0.1, 0.15) is 12.5 Å². The minimum atomic E-state index is -0.512. The summed E-state index contributed by atoms with van der Waals surface area (Å²) in [6.07, 6.45) is 4.80. The van der Waals surface area contributed by atoms with Crippen LogP contribution in [-0.2, 0) is 9.59 Å². The maximum absolute atomic E-state index is 12.6. The lowest BCUT2D eigenvalue weighted by atomic mass is 10.2. The van der Waals surface area contributed by atoms with Crippen molar-refractivity contribution in [2.24, 2.45) is 5.10 Å². The van der Waals surface area contributed by atoms with Crippen LogP contribution in [0.5, 0.6) is 17.2 Å². The van der Waals surface area contributed by atoms with Gasteiger partial charge in [-0.25, -0.2) is 5.43 Å². The summed E-state index contributed by atoms with van der Waals surface area (Å²) in [4.78, 5) is 28.1. The van der Waals surface area contributed by atoms with Crippen molar-refractivity contribution in [3.8, 4) is 34.3 Å². The summed E-state index contributed by atoms with van der Waals surface area (Å²) in [5.74, 6) is 0.534. The number of benzene rings is 2. The van der Waals surface area contributed by atoms with E-state index in [0.29, 0.717) is 16.5 Å². The monoisotopic (exact) mass is 610 g/mol. The largest absolute Gasteiger partial charge is 0.493 e. The van der Waals surface area contributed by atoms with Crippen molar-refractivity contribution in [2.45, 2.75) is 12.1 Å². The number of nitrogens with one attached hydrogen (secondary N) is 1. The zero-order chi connectivity index (χ0) is 27.8. The minimum Gasteiger partial charge on any atom is -0.493 e. The van der Waals surface area contributed by atoms with Crippen LogP contribution in [-0.4, -0.2) is 57.8 Å². The van der Waals surface area contributed by atoms with E-state index in [1.54, 1.807) is 24.5 Å². The lowest BCUT2D eigenvalue weighted by Crippen LogP contribution is -2.20. The zero-order valence-corrected chi connectivity index (χ0v) is 23.5. The number of aromatic nitrogens is 4. The molecule has 0 saturated heterocycles. The van der Waals surface area contributed by atoms with Crippen LogP contribution in [0.4, 0.5) is 0 Å². The molecule has 0 aliphatic heterocycles. The first kappa shape index (κ1) is 27.8. The third kappa shape index (κ3) is 7.00. The molecule has 0 aliphatic rings. The normalized spacial score (nSPS) is 10.9. The van der Waals surface area contributed by atoms with Gasteiger partial charge in [0.2, 0.25) is 5.75 Å². The van der Waals surface area contributed by atoms with Crippen LogP contribution in [0.3, 0.4) is 0 Å². The van der Waals surface area contributed by atoms with Gasteiger partial charge in [0, 0.05) is 40.6 Å². The average molecular weight is 611 g/mol. The van der Waals surface area contributed by atoms with Gasteiger partial charge in [0.05, 0.1) is 26.2 Å². The van der Waals surface area contributed by atoms with Crippen molar-refractivity contribution in [1.82, 2.24) is 25.2 Å². The number of methoxy groups -OCH3 is 2. The molecule has 2 aromatic carbocycles. The second-order valence-electron chi connectivity index (χ2n) is 7.78. The van der Waals surface area contributed by atoms with E-state index >= 15 is 0 Å². The molecule has 1 N–H and O–H groups in total. The number of carbonyl (C=O) groups excluding carboxylic acids is 2. The van der Waals surface area contributed by atoms with E-state index in [4.69, 9.17) is 14.2 Å². The number of thioether (sulfide) groups is 1. The van der Waals surface area contributed by atoms with Crippen molar-refractivity contribution in [2.75, 3.05) is 20.0 Å². The van der Waals surface area contributed by atoms with Gasteiger partial charge in [-0.1, -0.05) is 27.7 Å². The van der Waals surface area contributed by atoms with Crippen molar-refractivity contribution in [3.63, 3.8) is 0 Å². The zero-order valence-electron chi connectivity index (χ0n) is 21.1. The van der Waals surface area contributed by atoms with Crippen LogP contribution in [0.25, 0.3) is 17.1 Å². The highest BCUT2D eigenvalue weighted by molar-refractivity contribution is 9.10. The molecular formula is C26H23BrN6O5S. The number of ether oxygens (including phenoxy) is 3. The van der Waals surface area contributed by atoms with Crippen molar-refractivity contribution < 1.29 is 23.8 Å². The summed E-state index contributed by atoms with van der Waals surface area (Å²) in [7, 11) is 2.88. The van der Waals surface area contributed by atoms with Gasteiger partial charge < -0.3 is 14.2 Å². The summed E-state index contributed by atoms with van der Waals surface area (Å²) in [5, 5.41) is 13.2. The Morgan fingerprint density at radius 2 is 1.72 bits per heavy atom. The average Bonchev–Trinajstić information content (AvgIpc) is 3.37. The Morgan fingerprint density at radius 1 is 1.05 bits per heavy atom. The summed E-state index contributed by atoms with van der Waals surface area (Å²) < 4.78 is 18.6. The molecule has 200 valence electrons. The predicted molar refractivity (Wildman–Crippen MR) is 150 cm³/mol. The van der Waals surface area contributed by atoms with Crippen LogP contribution in [0.2, 0.25) is 0 Å². The van der Waals surface area contributed by atoms with Crippen LogP contribution < -0.4 is 19.6 Å². The van der Waals surface area contributed by atoms with Crippen molar-refractivity contribution >= 4 is 45.8 Å². The number of halogens is 1. The number of pyridine rings is 1. The lowest BCUT2D eigenvalue weighted by molar-refractivity contribution is -0.132. The van der Waals surface area contributed by atoms with Gasteiger partial charge in [0.25, 0.3) is 5.91 Å². The molecule has 4 aromatic rings. The second kappa shape index (κ2) is 13.0. The number of hydrazone groups is 1. The Kier molecular flexibility index (Phi) is 9.28. The highest BCUT2D eigenvalue weighted by atomic mass is 79.9. The first-order valence-electron chi connectivity index (χ1n) is 11.4. The third-order valence-electron chi connectivity index (χ3n) is 5.12. The maximum Gasteiger partial charge on any atom is 0.308 e. The highest BCUT2D eigenvalue weighted by Crippen LogP contribution is 2.38. The number of nitrogens with zero attached hydrogens (tertiary/aromatic N) is 5. The molecule has 4 rings (SSSR count). The predicted octanol–water partition coefficient (Wildman–Crippen LogP) is 4.28. The molecule has 0 bridgehead atoms. The third-order valence-corrected chi connectivity index (χ3v) is 6.58. The Hall–Kier alpha value is -4.23. The molecule has 39 heavy (non-hydrogen) atoms. The Morgan fingerprint density at radius 3 is 2.33 bits per heavy atom. The number of esters is 1. The molecule has 0 saturated carbocycles. The van der Waals surface area contributed by atoms with Gasteiger partial charge in [-0.05, 0) is 48.5 Å². The Labute approximate surface area is 236 Å². The number of amides is 1. The lowest BCUT2D eigenvalue weighted by Gasteiger charge is -2.13. The molecule has 0 unspecified atom stereocenters. The van der Waals surface area contributed by atoms with Crippen LogP contribution >= 0.6 is 27.7 Å². The van der Waals surface area contributed by atoms with Gasteiger partial charge in [0.1, 0.15) is 0 Å². The van der Waals surface area contributed by atoms with E-state index in [1.165, 1.54) is 39.1 Å². The molecule has 0 aliphatic carbocycles. The molecule has 1 amide bonds. The van der Waals surface area contributed by atoms with E-state index in [2.05, 4.69) is 41.6 Å². The van der Waals surface area contributed by atoms with Crippen LogP contribution in [0, 0.1) is 0 Å². The molecule has 2 heterocycles. The highest BCUT2D eigenvalue weighted by Gasteiger charge is 2.18. The topological polar surface area (TPSA) is 130 Å². The van der Waals surface area contributed by atoms with Crippen molar-refractivity contribution in [1.29, 1.82) is 0 Å². The standard InChI is InChI=1S/C26H23BrN6O5S/c1-16(34)38-24-21(36-2)12-17(13-22(24)37-3)14-29-30-23(35)15-39-26-32-31-25(18-8-10-28-11-9-18)33(26)20-6-4-19(27)5-7-20/h4-14H,15H2,1-3H3,(H,30,35). The minimum absolute atomic E-state index is 0.0420. The molecule has 2 aromatic heterocycles. The van der Waals surface area contributed by atoms with Crippen molar-refractivity contribution in [3.05, 3.63) is 71.0 Å². The Balaban J connectivity index is 1.47. The fourth-order valence-corrected chi connectivity index (χ4v) is 4.44. The SMILES string of the molecule is COc1cc(C=NNC(=O)CSc2nnc(-c3ccncc3)n2-c2ccc(Br)cc2)cc(OC)c1OC(C)=O. The summed E-state index contributed by atoms with van der Waals surface area (Å²) >= 11 is 4.68. The first-order valence-corrected chi connectivity index (χ1v) is 13.2. The maximum atomic E-state index is 12.6. The molecule has 11 nitrogen and oxygen atoms in total. The molecule has 0 atom stereocenters. The quantitative estimate of drug-likeness (QED) is 0.0919. The number of hydrogen-bond acceptors (Lipinski definition) is 10. The van der Waals surface area contributed by atoms with Gasteiger partial charge in [-0.2, -0.15) is 5.10 Å². The summed E-state index contributed by atoms with van der Waals surface area (Å²) in [6.45, 7) is 1.28. The molecule has 0 radical (unpaired) electrons. The van der Waals surface area contributed by atoms with E-state index in [9.17, 15) is 9.59 Å². The summed E-state index contributed by atoms with van der Waals surface area (Å²) in [5.41, 5.74) is 4.74. The number of rotatable bonds is 10. The first-order chi connectivity index (χ1) is 18.9. The smallest absolute Gasteiger partial charge is 0.308 e. The van der Waals surface area contributed by atoms with E-state index in [0.717, 1.165) is 15.7 Å². The van der Waals surface area contributed by atoms with Gasteiger partial charge >= 0.3 is 5.97 Å². The molecule has 0 fully saturated rings. The van der Waals surface area contributed by atoms with Gasteiger partial charge in [-0.3, -0.25) is 19.1 Å². The summed E-state index contributed by atoms with van der Waals surface area (Å²) in [6, 6.07) is 14.6. The van der Waals surface area contributed by atoms with E-state index < -0.39 is 5.97 Å². The van der Waals surface area contributed by atoms with Gasteiger partial charge in [-0.15, -0.1) is 10.2 Å². The van der Waals surface area contributed by atoms with E-state index in [1.807, 2.05) is 41.0 Å². The fraction of sp³-hybridized carbons (Fsp3) is 0.154. The van der Waals surface area contributed by atoms with Gasteiger partial charge in [0.15, 0.2) is 22.5 Å². The number of hydrogen-bond donors (Lipinski definition) is 1. The fourth-order valence-electron chi connectivity index (χ4n) is 3.43. The molecule has 0 spiro atoms. The van der Waals surface area contributed by atoms with E-state index in [-0.39, 0.29) is 28.9 Å². The molecular weight excluding hydrogens is 588 g/mol. The Bertz CT molecular complexity index is 1470.